The van der Waals surface area contributed by atoms with Crippen LogP contribution in [0.3, 0.4) is 0 Å². The van der Waals surface area contributed by atoms with Crippen molar-refractivity contribution in [2.24, 2.45) is 0 Å². The van der Waals surface area contributed by atoms with E-state index in [9.17, 15) is 0 Å². The van der Waals surface area contributed by atoms with Gasteiger partial charge >= 0.3 is 0 Å². The lowest BCUT2D eigenvalue weighted by atomic mass is 10.2. The molecule has 0 aliphatic carbocycles. The maximum absolute atomic E-state index is 5.45. The molecule has 0 saturated heterocycles. The fourth-order valence-electron chi connectivity index (χ4n) is 3.10. The van der Waals surface area contributed by atoms with Crippen molar-refractivity contribution in [1.29, 1.82) is 0 Å². The van der Waals surface area contributed by atoms with Crippen molar-refractivity contribution in [2.45, 2.75) is 17.8 Å². The van der Waals surface area contributed by atoms with Crippen LogP contribution >= 0.6 is 23.1 Å². The Morgan fingerprint density at radius 2 is 2.00 bits per heavy atom. The molecule has 30 heavy (non-hydrogen) atoms. The second-order valence-electron chi connectivity index (χ2n) is 6.58. The highest BCUT2D eigenvalue weighted by Crippen LogP contribution is 2.32. The second-order valence-corrected chi connectivity index (χ2v) is 8.38. The van der Waals surface area contributed by atoms with E-state index < -0.39 is 0 Å². The number of rotatable bonds is 6. The molecule has 0 fully saturated rings. The molecule has 0 aliphatic rings. The Balaban J connectivity index is 1.48. The van der Waals surface area contributed by atoms with Crippen LogP contribution < -0.4 is 0 Å². The Morgan fingerprint density at radius 3 is 2.80 bits per heavy atom. The molecular weight excluding hydrogens is 414 g/mol. The zero-order chi connectivity index (χ0) is 20.3. The van der Waals surface area contributed by atoms with E-state index in [-0.39, 0.29) is 0 Å². The highest BCUT2D eigenvalue weighted by atomic mass is 32.2. The van der Waals surface area contributed by atoms with E-state index in [0.29, 0.717) is 5.75 Å². The summed E-state index contributed by atoms with van der Waals surface area (Å²) in [4.78, 5) is 8.93. The summed E-state index contributed by atoms with van der Waals surface area (Å²) in [5, 5.41) is 12.7. The van der Waals surface area contributed by atoms with Crippen LogP contribution in [-0.2, 0) is 5.75 Å². The minimum Gasteiger partial charge on any atom is -0.462 e. The number of hydrogen-bond donors (Lipinski definition) is 0. The molecule has 0 amide bonds. The molecule has 6 nitrogen and oxygen atoms in total. The quantitative estimate of drug-likeness (QED) is 0.324. The zero-order valence-electron chi connectivity index (χ0n) is 16.1. The maximum Gasteiger partial charge on any atom is 0.196 e. The molecule has 5 aromatic rings. The van der Waals surface area contributed by atoms with Gasteiger partial charge in [-0.25, -0.2) is 4.98 Å². The van der Waals surface area contributed by atoms with Gasteiger partial charge in [-0.15, -0.1) is 21.5 Å². The fourth-order valence-corrected chi connectivity index (χ4v) is 4.83. The highest BCUT2D eigenvalue weighted by Gasteiger charge is 2.18. The van der Waals surface area contributed by atoms with Crippen LogP contribution in [0.5, 0.6) is 0 Å². The molecule has 1 aromatic carbocycles. The molecule has 0 N–H and O–H groups in total. The van der Waals surface area contributed by atoms with Gasteiger partial charge in [0.15, 0.2) is 21.7 Å². The van der Waals surface area contributed by atoms with E-state index in [1.807, 2.05) is 42.6 Å². The number of aryl methyl sites for hydroxylation is 1. The number of pyridine rings is 1. The zero-order valence-corrected chi connectivity index (χ0v) is 17.7. The van der Waals surface area contributed by atoms with Crippen molar-refractivity contribution in [3.8, 4) is 27.8 Å². The highest BCUT2D eigenvalue weighted by molar-refractivity contribution is 7.98. The predicted octanol–water partition coefficient (Wildman–Crippen LogP) is 5.65. The van der Waals surface area contributed by atoms with E-state index in [2.05, 4.69) is 49.2 Å². The first kappa shape index (κ1) is 18.8. The van der Waals surface area contributed by atoms with Crippen LogP contribution in [0.4, 0.5) is 0 Å². The van der Waals surface area contributed by atoms with E-state index in [1.54, 1.807) is 35.6 Å². The number of aromatic nitrogens is 5. The van der Waals surface area contributed by atoms with Crippen molar-refractivity contribution in [1.82, 2.24) is 24.7 Å². The summed E-state index contributed by atoms with van der Waals surface area (Å²) in [7, 11) is 0. The molecule has 0 aliphatic heterocycles. The van der Waals surface area contributed by atoms with Crippen LogP contribution in [0, 0.1) is 6.92 Å². The van der Waals surface area contributed by atoms with Crippen molar-refractivity contribution in [2.75, 3.05) is 0 Å². The molecule has 0 saturated carbocycles. The molecule has 0 bridgehead atoms. The molecule has 4 heterocycles. The Morgan fingerprint density at radius 1 is 1.07 bits per heavy atom. The lowest BCUT2D eigenvalue weighted by Gasteiger charge is -2.12. The summed E-state index contributed by atoms with van der Waals surface area (Å²) in [6.07, 6.45) is 5.23. The van der Waals surface area contributed by atoms with Gasteiger partial charge in [-0.2, -0.15) is 0 Å². The summed E-state index contributed by atoms with van der Waals surface area (Å²) < 4.78 is 7.54. The number of nitrogens with zero attached hydrogens (tertiary/aromatic N) is 5. The summed E-state index contributed by atoms with van der Waals surface area (Å²) in [6, 6.07) is 15.9. The first-order valence-electron chi connectivity index (χ1n) is 9.32. The Labute approximate surface area is 181 Å². The van der Waals surface area contributed by atoms with Crippen molar-refractivity contribution < 1.29 is 4.42 Å². The van der Waals surface area contributed by atoms with E-state index in [4.69, 9.17) is 4.42 Å². The van der Waals surface area contributed by atoms with Gasteiger partial charge in [0.2, 0.25) is 0 Å². The molecule has 0 unspecified atom stereocenters. The van der Waals surface area contributed by atoms with Crippen molar-refractivity contribution >= 4 is 23.1 Å². The topological polar surface area (TPSA) is 69.6 Å². The van der Waals surface area contributed by atoms with E-state index in [0.717, 1.165) is 44.3 Å². The average molecular weight is 432 g/mol. The lowest BCUT2D eigenvalue weighted by Crippen LogP contribution is -2.02. The number of thiazole rings is 1. The van der Waals surface area contributed by atoms with Gasteiger partial charge < -0.3 is 4.42 Å². The first-order valence-corrected chi connectivity index (χ1v) is 11.2. The number of hydrogen-bond acceptors (Lipinski definition) is 7. The van der Waals surface area contributed by atoms with Gasteiger partial charge in [0, 0.05) is 29.1 Å². The molecular formula is C22H17N5OS2. The van der Waals surface area contributed by atoms with Crippen LogP contribution in [-0.4, -0.2) is 24.7 Å². The Bertz CT molecular complexity index is 1260. The van der Waals surface area contributed by atoms with Gasteiger partial charge in [-0.1, -0.05) is 30.0 Å². The Kier molecular flexibility index (Phi) is 5.17. The van der Waals surface area contributed by atoms with Gasteiger partial charge in [-0.3, -0.25) is 9.55 Å². The minimum atomic E-state index is 0.689. The third kappa shape index (κ3) is 3.67. The molecule has 0 spiro atoms. The largest absolute Gasteiger partial charge is 0.462 e. The standard InChI is InChI=1S/C22H17N5OS2/c1-15-6-2-3-8-18(15)27-20(16-7-4-10-23-12-16)25-26-22(27)30-14-17-13-29-21(24-17)19-9-5-11-28-19/h2-13H,14H2,1H3. The maximum atomic E-state index is 5.45. The van der Waals surface area contributed by atoms with E-state index in [1.165, 1.54) is 0 Å². The third-order valence-electron chi connectivity index (χ3n) is 4.54. The molecule has 5 rings (SSSR count). The van der Waals surface area contributed by atoms with Crippen molar-refractivity contribution in [3.05, 3.63) is 83.8 Å². The average Bonchev–Trinajstić information content (AvgIpc) is 3.53. The molecule has 0 atom stereocenters. The van der Waals surface area contributed by atoms with E-state index >= 15 is 0 Å². The monoisotopic (exact) mass is 431 g/mol. The lowest BCUT2D eigenvalue weighted by molar-refractivity contribution is 0.581. The number of thioether (sulfide) groups is 1. The normalized spacial score (nSPS) is 11.1. The summed E-state index contributed by atoms with van der Waals surface area (Å²) >= 11 is 3.19. The summed E-state index contributed by atoms with van der Waals surface area (Å²) in [6.45, 7) is 2.09. The third-order valence-corrected chi connectivity index (χ3v) is 6.41. The summed E-state index contributed by atoms with van der Waals surface area (Å²) in [5.74, 6) is 2.25. The second kappa shape index (κ2) is 8.25. The first-order chi connectivity index (χ1) is 14.8. The van der Waals surface area contributed by atoms with Gasteiger partial charge in [0.05, 0.1) is 17.6 Å². The molecule has 148 valence electrons. The number of benzene rings is 1. The molecule has 0 radical (unpaired) electrons. The molecule has 4 aromatic heterocycles. The van der Waals surface area contributed by atoms with Gasteiger partial charge in [0.1, 0.15) is 0 Å². The number of furan rings is 1. The van der Waals surface area contributed by atoms with Crippen LogP contribution in [0.25, 0.3) is 27.8 Å². The van der Waals surface area contributed by atoms with Crippen molar-refractivity contribution in [3.63, 3.8) is 0 Å². The number of para-hydroxylation sites is 1. The van der Waals surface area contributed by atoms with Crippen LogP contribution in [0.1, 0.15) is 11.3 Å². The smallest absolute Gasteiger partial charge is 0.196 e. The Hall–Kier alpha value is -3.23. The van der Waals surface area contributed by atoms with Gasteiger partial charge in [-0.05, 0) is 42.8 Å². The summed E-state index contributed by atoms with van der Waals surface area (Å²) in [5.41, 5.74) is 4.11. The minimum absolute atomic E-state index is 0.689. The molecule has 8 heteroatoms. The van der Waals surface area contributed by atoms with Crippen LogP contribution in [0.2, 0.25) is 0 Å². The predicted molar refractivity (Wildman–Crippen MR) is 119 cm³/mol. The SMILES string of the molecule is Cc1ccccc1-n1c(SCc2csc(-c3ccco3)n2)nnc1-c1cccnc1. The fraction of sp³-hybridized carbons (Fsp3) is 0.0909. The van der Waals surface area contributed by atoms with Gasteiger partial charge in [0.25, 0.3) is 0 Å². The van der Waals surface area contributed by atoms with Crippen LogP contribution in [0.15, 0.2) is 82.1 Å².